The van der Waals surface area contributed by atoms with Gasteiger partial charge in [0.1, 0.15) is 17.9 Å². The Hall–Kier alpha value is -1.36. The lowest BCUT2D eigenvalue weighted by atomic mass is 9.85. The van der Waals surface area contributed by atoms with Gasteiger partial charge in [-0.25, -0.2) is 0 Å². The summed E-state index contributed by atoms with van der Waals surface area (Å²) in [6.07, 6.45) is 8.78. The summed E-state index contributed by atoms with van der Waals surface area (Å²) >= 11 is 0. The van der Waals surface area contributed by atoms with E-state index in [9.17, 15) is 9.59 Å². The molecule has 0 aromatic carbocycles. The summed E-state index contributed by atoms with van der Waals surface area (Å²) in [4.78, 5) is 24.7. The number of fused-ring (bicyclic) bond motifs is 1. The average Bonchev–Trinajstić information content (AvgIpc) is 3.02. The highest BCUT2D eigenvalue weighted by atomic mass is 16.5. The van der Waals surface area contributed by atoms with E-state index in [-0.39, 0.29) is 18.1 Å². The summed E-state index contributed by atoms with van der Waals surface area (Å²) < 4.78 is 7.10. The summed E-state index contributed by atoms with van der Waals surface area (Å²) in [6.45, 7) is 9.32. The fraction of sp³-hybridized carbons (Fsp3) is 0.818. The number of amides is 1. The van der Waals surface area contributed by atoms with Crippen molar-refractivity contribution in [2.75, 3.05) is 19.6 Å². The number of nitrogens with zero attached hydrogens (tertiary/aromatic N) is 1. The smallest absolute Gasteiger partial charge is 0.219 e. The predicted octanol–water partition coefficient (Wildman–Crippen LogP) is 3.48. The van der Waals surface area contributed by atoms with Crippen molar-refractivity contribution < 1.29 is 18.8 Å². The van der Waals surface area contributed by atoms with E-state index < -0.39 is 0 Å². The van der Waals surface area contributed by atoms with Crippen LogP contribution >= 0.6 is 0 Å². The summed E-state index contributed by atoms with van der Waals surface area (Å²) in [5, 5.41) is 3.09. The van der Waals surface area contributed by atoms with Crippen LogP contribution in [0.4, 0.5) is 0 Å². The van der Waals surface area contributed by atoms with E-state index in [1.807, 2.05) is 6.92 Å². The maximum Gasteiger partial charge on any atom is 0.219 e. The number of rotatable bonds is 8. The van der Waals surface area contributed by atoms with E-state index in [2.05, 4.69) is 19.2 Å². The molecular formula is C22H37N2O3+. The number of hydrogen-bond donors (Lipinski definition) is 1. The van der Waals surface area contributed by atoms with Gasteiger partial charge in [-0.1, -0.05) is 19.8 Å². The molecule has 4 atom stereocenters. The van der Waals surface area contributed by atoms with Gasteiger partial charge in [-0.15, -0.1) is 0 Å². The Morgan fingerprint density at radius 2 is 2.04 bits per heavy atom. The van der Waals surface area contributed by atoms with Crippen molar-refractivity contribution in [1.82, 2.24) is 5.32 Å². The molecule has 1 fully saturated rings. The highest BCUT2D eigenvalue weighted by molar-refractivity contribution is 5.97. The molecule has 0 spiro atoms. The van der Waals surface area contributed by atoms with E-state index in [1.165, 1.54) is 12.8 Å². The van der Waals surface area contributed by atoms with Crippen LogP contribution in [0.25, 0.3) is 0 Å². The molecule has 0 aromatic heterocycles. The SMILES string of the molecule is CCCCCC(=O)NCCC[N+]12CCCC1CC1=C(C(=O)CC(C)O1)C2C. The highest BCUT2D eigenvalue weighted by Gasteiger charge is 2.53. The van der Waals surface area contributed by atoms with Crippen molar-refractivity contribution in [3.8, 4) is 0 Å². The standard InChI is InChI=1S/C22H36N2O3/c1-4-5-6-10-21(26)23-11-8-13-24-12-7-9-18(24)15-20-22(17(24)3)19(25)14-16(2)27-20/h16-18H,4-15H2,1-3H3/p+1. The third kappa shape index (κ3) is 4.23. The monoisotopic (exact) mass is 377 g/mol. The largest absolute Gasteiger partial charge is 0.494 e. The minimum atomic E-state index is 0.0211. The molecule has 0 saturated carbocycles. The van der Waals surface area contributed by atoms with Crippen molar-refractivity contribution in [3.63, 3.8) is 0 Å². The minimum Gasteiger partial charge on any atom is -0.494 e. The fourth-order valence-electron chi connectivity index (χ4n) is 5.54. The molecule has 3 aliphatic rings. The lowest BCUT2D eigenvalue weighted by Gasteiger charge is -2.50. The molecule has 1 saturated heterocycles. The third-order valence-corrected chi connectivity index (χ3v) is 6.95. The predicted molar refractivity (Wildman–Crippen MR) is 106 cm³/mol. The number of hydrogen-bond acceptors (Lipinski definition) is 3. The number of Topliss-reactive ketones (excluding diaryl/α,β-unsaturated/α-hetero) is 1. The van der Waals surface area contributed by atoms with E-state index in [1.54, 1.807) is 0 Å². The summed E-state index contributed by atoms with van der Waals surface area (Å²) in [5.41, 5.74) is 0.967. The zero-order chi connectivity index (χ0) is 19.4. The van der Waals surface area contributed by atoms with Gasteiger partial charge in [-0.05, 0) is 20.3 Å². The van der Waals surface area contributed by atoms with Gasteiger partial charge in [0.25, 0.3) is 0 Å². The molecule has 3 aliphatic heterocycles. The summed E-state index contributed by atoms with van der Waals surface area (Å²) in [7, 11) is 0. The summed E-state index contributed by atoms with van der Waals surface area (Å²) in [6, 6.07) is 0.790. The van der Waals surface area contributed by atoms with Crippen LogP contribution in [0.2, 0.25) is 0 Å². The van der Waals surface area contributed by atoms with Crippen LogP contribution in [0.5, 0.6) is 0 Å². The van der Waals surface area contributed by atoms with Crippen LogP contribution in [0.15, 0.2) is 11.3 Å². The van der Waals surface area contributed by atoms with Crippen LogP contribution < -0.4 is 5.32 Å². The first-order valence-electron chi connectivity index (χ1n) is 11.0. The van der Waals surface area contributed by atoms with Gasteiger partial charge in [0.2, 0.25) is 5.91 Å². The van der Waals surface area contributed by atoms with Gasteiger partial charge >= 0.3 is 0 Å². The second kappa shape index (κ2) is 8.76. The van der Waals surface area contributed by atoms with Crippen molar-refractivity contribution in [2.24, 2.45) is 0 Å². The molecule has 1 amide bonds. The van der Waals surface area contributed by atoms with Crippen molar-refractivity contribution in [3.05, 3.63) is 11.3 Å². The number of nitrogens with one attached hydrogen (secondary N) is 1. The van der Waals surface area contributed by atoms with E-state index in [0.29, 0.717) is 24.7 Å². The zero-order valence-corrected chi connectivity index (χ0v) is 17.4. The molecule has 0 aromatic rings. The normalized spacial score (nSPS) is 32.7. The maximum absolute atomic E-state index is 12.7. The molecular weight excluding hydrogens is 340 g/mol. The Morgan fingerprint density at radius 1 is 1.22 bits per heavy atom. The van der Waals surface area contributed by atoms with E-state index >= 15 is 0 Å². The molecule has 152 valence electrons. The van der Waals surface area contributed by atoms with Gasteiger partial charge in [0, 0.05) is 38.6 Å². The number of unbranched alkanes of at least 4 members (excludes halogenated alkanes) is 2. The molecule has 3 rings (SSSR count). The molecule has 5 nitrogen and oxygen atoms in total. The molecule has 0 radical (unpaired) electrons. The first kappa shape index (κ1) is 20.4. The topological polar surface area (TPSA) is 55.4 Å². The van der Waals surface area contributed by atoms with Crippen molar-refractivity contribution >= 4 is 11.7 Å². The van der Waals surface area contributed by atoms with Gasteiger partial charge < -0.3 is 14.5 Å². The second-order valence-corrected chi connectivity index (χ2v) is 8.78. The first-order chi connectivity index (χ1) is 13.0. The molecule has 27 heavy (non-hydrogen) atoms. The van der Waals surface area contributed by atoms with Gasteiger partial charge in [-0.3, -0.25) is 9.59 Å². The van der Waals surface area contributed by atoms with E-state index in [0.717, 1.165) is 67.6 Å². The van der Waals surface area contributed by atoms with Crippen LogP contribution in [-0.4, -0.2) is 54.0 Å². The fourth-order valence-corrected chi connectivity index (χ4v) is 5.54. The van der Waals surface area contributed by atoms with Gasteiger partial charge in [0.15, 0.2) is 5.78 Å². The molecule has 0 bridgehead atoms. The minimum absolute atomic E-state index is 0.0211. The highest BCUT2D eigenvalue weighted by Crippen LogP contribution is 2.44. The average molecular weight is 378 g/mol. The molecule has 3 heterocycles. The quantitative estimate of drug-likeness (QED) is 0.520. The number of carbonyl (C=O) groups is 2. The van der Waals surface area contributed by atoms with Crippen LogP contribution in [0.1, 0.15) is 78.6 Å². The van der Waals surface area contributed by atoms with Crippen molar-refractivity contribution in [1.29, 1.82) is 0 Å². The van der Waals surface area contributed by atoms with Crippen molar-refractivity contribution in [2.45, 2.75) is 96.7 Å². The third-order valence-electron chi connectivity index (χ3n) is 6.95. The molecule has 5 heteroatoms. The Labute approximate surface area is 164 Å². The lowest BCUT2D eigenvalue weighted by Crippen LogP contribution is -2.62. The number of quaternary nitrogens is 1. The Balaban J connectivity index is 1.59. The maximum atomic E-state index is 12.7. The Kier molecular flexibility index (Phi) is 6.61. The van der Waals surface area contributed by atoms with Crippen LogP contribution in [0.3, 0.4) is 0 Å². The lowest BCUT2D eigenvalue weighted by molar-refractivity contribution is -0.957. The molecule has 0 aliphatic carbocycles. The number of ether oxygens (including phenoxy) is 1. The van der Waals surface area contributed by atoms with Gasteiger partial charge in [-0.2, -0.15) is 0 Å². The first-order valence-corrected chi connectivity index (χ1v) is 11.0. The van der Waals surface area contributed by atoms with Crippen LogP contribution in [0, 0.1) is 0 Å². The zero-order valence-electron chi connectivity index (χ0n) is 17.4. The summed E-state index contributed by atoms with van der Waals surface area (Å²) in [5.74, 6) is 1.46. The number of carbonyl (C=O) groups excluding carboxylic acids is 2. The number of ketones is 1. The van der Waals surface area contributed by atoms with Gasteiger partial charge in [0.05, 0.1) is 31.1 Å². The Morgan fingerprint density at radius 3 is 2.81 bits per heavy atom. The Bertz CT molecular complexity index is 600. The van der Waals surface area contributed by atoms with E-state index in [4.69, 9.17) is 4.74 Å². The second-order valence-electron chi connectivity index (χ2n) is 8.78. The van der Waals surface area contributed by atoms with Crippen LogP contribution in [-0.2, 0) is 14.3 Å². The molecule has 4 unspecified atom stereocenters. The molecule has 1 N–H and O–H groups in total.